The van der Waals surface area contributed by atoms with Gasteiger partial charge in [-0.3, -0.25) is 0 Å². The third-order valence-electron chi connectivity index (χ3n) is 5.06. The van der Waals surface area contributed by atoms with Crippen LogP contribution in [0.15, 0.2) is 0 Å². The zero-order chi connectivity index (χ0) is 30.1. The maximum absolute atomic E-state index is 11.9. The molecule has 0 aromatic carbocycles. The maximum Gasteiger partial charge on any atom is 0.500 e. The Hall–Kier alpha value is -0.953. The summed E-state index contributed by atoms with van der Waals surface area (Å²) in [6.07, 6.45) is 0.712. The molecular formula is C26H57N3O11Si. The van der Waals surface area contributed by atoms with Crippen molar-refractivity contribution in [1.29, 1.82) is 0 Å². The number of rotatable bonds is 33. The zero-order valence-corrected chi connectivity index (χ0v) is 26.6. The molecule has 0 unspecified atom stereocenters. The Bertz CT molecular complexity index is 540. The lowest BCUT2D eigenvalue weighted by atomic mass is 10.5. The first-order valence-electron chi connectivity index (χ1n) is 14.8. The highest BCUT2D eigenvalue weighted by Crippen LogP contribution is 2.17. The van der Waals surface area contributed by atoms with Crippen LogP contribution >= 0.6 is 0 Å². The summed E-state index contributed by atoms with van der Waals surface area (Å²) >= 11 is 0. The van der Waals surface area contributed by atoms with Crippen molar-refractivity contribution < 1.29 is 51.2 Å². The Morgan fingerprint density at radius 3 is 1.24 bits per heavy atom. The van der Waals surface area contributed by atoms with Crippen molar-refractivity contribution in [2.45, 2.75) is 33.2 Å². The Balaban J connectivity index is 3.38. The lowest BCUT2D eigenvalue weighted by Crippen LogP contribution is -2.46. The van der Waals surface area contributed by atoms with Crippen molar-refractivity contribution >= 4 is 14.8 Å². The quantitative estimate of drug-likeness (QED) is 0.0705. The maximum atomic E-state index is 11.9. The molecule has 0 bridgehead atoms. The van der Waals surface area contributed by atoms with E-state index in [2.05, 4.69) is 10.6 Å². The minimum absolute atomic E-state index is 0.235. The highest BCUT2D eigenvalue weighted by Gasteiger charge is 2.39. The molecular weight excluding hydrogens is 558 g/mol. The first kappa shape index (κ1) is 40.0. The fourth-order valence-electron chi connectivity index (χ4n) is 3.31. The first-order valence-corrected chi connectivity index (χ1v) is 16.7. The molecule has 0 aliphatic rings. The average Bonchev–Trinajstić information content (AvgIpc) is 2.96. The van der Waals surface area contributed by atoms with Crippen LogP contribution in [0.1, 0.15) is 27.2 Å². The van der Waals surface area contributed by atoms with Gasteiger partial charge in [-0.2, -0.15) is 0 Å². The van der Waals surface area contributed by atoms with E-state index in [0.717, 1.165) is 0 Å². The Morgan fingerprint density at radius 1 is 0.537 bits per heavy atom. The molecule has 0 aliphatic heterocycles. The van der Waals surface area contributed by atoms with Crippen molar-refractivity contribution in [2.75, 3.05) is 132 Å². The number of nitrogens with two attached hydrogens (primary N) is 1. The number of amides is 2. The van der Waals surface area contributed by atoms with Crippen LogP contribution in [0.25, 0.3) is 0 Å². The lowest BCUT2D eigenvalue weighted by Gasteiger charge is -2.28. The standard InChI is InChI=1S/C26H57N3O11Si/c1-4-38-41(39-5-2,40-6-3)25-7-9-28-26(30)29-10-12-32-14-16-34-18-20-36-22-24-37-23-21-35-19-17-33-15-13-31-11-8-27/h4-25,27H2,1-3H3,(H2,28,29,30). The van der Waals surface area contributed by atoms with E-state index in [9.17, 15) is 4.79 Å². The summed E-state index contributed by atoms with van der Waals surface area (Å²) in [5.41, 5.74) is 5.32. The predicted octanol–water partition coefficient (Wildman–Crippen LogP) is 0.799. The van der Waals surface area contributed by atoms with Crippen LogP contribution in [0, 0.1) is 0 Å². The summed E-state index contributed by atoms with van der Waals surface area (Å²) in [6, 6.07) is 0.422. The van der Waals surface area contributed by atoms with Crippen molar-refractivity contribution in [1.82, 2.24) is 10.6 Å². The molecule has 0 aromatic heterocycles. The molecule has 0 aromatic rings. The van der Waals surface area contributed by atoms with Gasteiger partial charge in [0.05, 0.1) is 92.5 Å². The first-order chi connectivity index (χ1) is 20.1. The topological polar surface area (TPSA) is 159 Å². The fourth-order valence-corrected chi connectivity index (χ4v) is 5.92. The molecule has 0 radical (unpaired) electrons. The molecule has 4 N–H and O–H groups in total. The van der Waals surface area contributed by atoms with Gasteiger partial charge in [0.1, 0.15) is 0 Å². The van der Waals surface area contributed by atoms with Crippen molar-refractivity contribution in [3.8, 4) is 0 Å². The molecule has 0 aliphatic carbocycles. The lowest BCUT2D eigenvalue weighted by molar-refractivity contribution is -0.0201. The van der Waals surface area contributed by atoms with Gasteiger partial charge in [0.25, 0.3) is 0 Å². The van der Waals surface area contributed by atoms with Crippen molar-refractivity contribution in [3.05, 3.63) is 0 Å². The van der Waals surface area contributed by atoms with E-state index in [1.165, 1.54) is 0 Å². The minimum atomic E-state index is -2.67. The van der Waals surface area contributed by atoms with Crippen LogP contribution in [0.4, 0.5) is 4.79 Å². The van der Waals surface area contributed by atoms with Crippen molar-refractivity contribution in [3.63, 3.8) is 0 Å². The highest BCUT2D eigenvalue weighted by molar-refractivity contribution is 6.60. The number of nitrogens with one attached hydrogen (secondary N) is 2. The average molecular weight is 616 g/mol. The predicted molar refractivity (Wildman–Crippen MR) is 156 cm³/mol. The molecule has 0 atom stereocenters. The second-order valence-electron chi connectivity index (χ2n) is 8.34. The monoisotopic (exact) mass is 615 g/mol. The van der Waals surface area contributed by atoms with Crippen LogP contribution in [0.2, 0.25) is 6.04 Å². The van der Waals surface area contributed by atoms with Gasteiger partial charge in [-0.1, -0.05) is 0 Å². The summed E-state index contributed by atoms with van der Waals surface area (Å²) < 4.78 is 55.2. The van der Waals surface area contributed by atoms with Gasteiger partial charge in [0.2, 0.25) is 0 Å². The van der Waals surface area contributed by atoms with Gasteiger partial charge in [-0.15, -0.1) is 0 Å². The molecule has 0 saturated heterocycles. The highest BCUT2D eigenvalue weighted by atomic mass is 28.4. The summed E-state index contributed by atoms with van der Waals surface area (Å²) in [5.74, 6) is 0. The molecule has 246 valence electrons. The van der Waals surface area contributed by atoms with Gasteiger partial charge >= 0.3 is 14.8 Å². The van der Waals surface area contributed by atoms with Crippen LogP contribution in [0.3, 0.4) is 0 Å². The summed E-state index contributed by atoms with van der Waals surface area (Å²) in [6.45, 7) is 15.8. The Kier molecular flexibility index (Phi) is 31.2. The largest absolute Gasteiger partial charge is 0.500 e. The van der Waals surface area contributed by atoms with Gasteiger partial charge in [-0.05, 0) is 27.2 Å². The number of hydrogen-bond donors (Lipinski definition) is 3. The van der Waals surface area contributed by atoms with Gasteiger partial charge < -0.3 is 62.8 Å². The van der Waals surface area contributed by atoms with Crippen LogP contribution in [-0.2, 0) is 46.4 Å². The Morgan fingerprint density at radius 2 is 0.878 bits per heavy atom. The van der Waals surface area contributed by atoms with Crippen molar-refractivity contribution in [2.24, 2.45) is 5.73 Å². The summed E-state index contributed by atoms with van der Waals surface area (Å²) in [4.78, 5) is 11.9. The van der Waals surface area contributed by atoms with E-state index >= 15 is 0 Å². The number of urea groups is 1. The molecule has 2 amide bonds. The molecule has 15 heteroatoms. The second kappa shape index (κ2) is 32.0. The molecule has 0 saturated carbocycles. The van der Waals surface area contributed by atoms with Gasteiger partial charge in [0.15, 0.2) is 0 Å². The number of hydrogen-bond acceptors (Lipinski definition) is 12. The van der Waals surface area contributed by atoms with E-state index in [1.807, 2.05) is 20.8 Å². The number of ether oxygens (including phenoxy) is 7. The Labute approximate surface area is 247 Å². The minimum Gasteiger partial charge on any atom is -0.378 e. The van der Waals surface area contributed by atoms with E-state index in [-0.39, 0.29) is 6.03 Å². The summed E-state index contributed by atoms with van der Waals surface area (Å²) in [5, 5.41) is 5.60. The molecule has 0 spiro atoms. The SMILES string of the molecule is CCO[Si](CCCNC(=O)NCCOCCOCCOCCOCCOCCOCCOCCN)(OCC)OCC. The molecule has 0 heterocycles. The molecule has 0 rings (SSSR count). The van der Waals surface area contributed by atoms with E-state index < -0.39 is 8.80 Å². The van der Waals surface area contributed by atoms with Crippen LogP contribution in [-0.4, -0.2) is 147 Å². The zero-order valence-electron chi connectivity index (χ0n) is 25.6. The number of carbonyl (C=O) groups is 1. The molecule has 14 nitrogen and oxygen atoms in total. The third-order valence-corrected chi connectivity index (χ3v) is 8.22. The summed E-state index contributed by atoms with van der Waals surface area (Å²) in [7, 11) is -2.67. The molecule has 0 fully saturated rings. The fraction of sp³-hybridized carbons (Fsp3) is 0.962. The van der Waals surface area contributed by atoms with E-state index in [0.29, 0.717) is 144 Å². The van der Waals surface area contributed by atoms with E-state index in [4.69, 9.17) is 52.2 Å². The van der Waals surface area contributed by atoms with Gasteiger partial charge in [0, 0.05) is 45.5 Å². The third kappa shape index (κ3) is 27.6. The van der Waals surface area contributed by atoms with Crippen LogP contribution < -0.4 is 16.4 Å². The normalized spacial score (nSPS) is 11.7. The van der Waals surface area contributed by atoms with E-state index in [1.54, 1.807) is 0 Å². The number of carbonyl (C=O) groups excluding carboxylic acids is 1. The second-order valence-corrected chi connectivity index (χ2v) is 11.1. The van der Waals surface area contributed by atoms with Crippen LogP contribution in [0.5, 0.6) is 0 Å². The van der Waals surface area contributed by atoms with Gasteiger partial charge in [-0.25, -0.2) is 4.79 Å². The molecule has 41 heavy (non-hydrogen) atoms. The smallest absolute Gasteiger partial charge is 0.378 e.